The van der Waals surface area contributed by atoms with Crippen LogP contribution in [-0.4, -0.2) is 36.4 Å². The lowest BCUT2D eigenvalue weighted by atomic mass is 9.94. The van der Waals surface area contributed by atoms with Gasteiger partial charge in [0.2, 0.25) is 0 Å². The highest BCUT2D eigenvalue weighted by Gasteiger charge is 2.37. The van der Waals surface area contributed by atoms with E-state index < -0.39 is 29.8 Å². The SMILES string of the molecule is CCOC(=O)C1=C(CCl)N(C)C(=O)NC1c1ccc(C(F)(F)F)cc1. The fourth-order valence-electron chi connectivity index (χ4n) is 2.48. The molecule has 1 aromatic rings. The van der Waals surface area contributed by atoms with E-state index in [1.165, 1.54) is 24.1 Å². The Bertz CT molecular complexity index is 702. The number of urea groups is 1. The quantitative estimate of drug-likeness (QED) is 0.646. The summed E-state index contributed by atoms with van der Waals surface area (Å²) in [5.41, 5.74) is -0.165. The largest absolute Gasteiger partial charge is 0.463 e. The Balaban J connectivity index is 2.51. The van der Waals surface area contributed by atoms with Crippen LogP contribution < -0.4 is 5.32 Å². The summed E-state index contributed by atoms with van der Waals surface area (Å²) in [7, 11) is 1.44. The molecule has 1 aliphatic heterocycles. The third-order valence-electron chi connectivity index (χ3n) is 3.77. The van der Waals surface area contributed by atoms with Gasteiger partial charge < -0.3 is 10.1 Å². The first-order chi connectivity index (χ1) is 11.7. The van der Waals surface area contributed by atoms with Gasteiger partial charge in [-0.1, -0.05) is 12.1 Å². The van der Waals surface area contributed by atoms with E-state index in [1.54, 1.807) is 6.92 Å². The normalized spacial score (nSPS) is 18.2. The third kappa shape index (κ3) is 3.89. The molecule has 1 unspecified atom stereocenters. The number of nitrogens with zero attached hydrogens (tertiary/aromatic N) is 1. The standard InChI is InChI=1S/C16H16ClF3N2O3/c1-3-25-14(23)12-11(8-17)22(2)15(24)21-13(12)9-4-6-10(7-5-9)16(18,19)20/h4-7,13H,3,8H2,1-2H3,(H,21,24). The number of esters is 1. The molecule has 9 heteroatoms. The molecule has 1 aromatic carbocycles. The smallest absolute Gasteiger partial charge is 0.416 e. The maximum atomic E-state index is 12.7. The van der Waals surface area contributed by atoms with Crippen LogP contribution in [0.3, 0.4) is 0 Å². The maximum Gasteiger partial charge on any atom is 0.416 e. The lowest BCUT2D eigenvalue weighted by Crippen LogP contribution is -2.47. The van der Waals surface area contributed by atoms with Gasteiger partial charge in [0.1, 0.15) is 0 Å². The summed E-state index contributed by atoms with van der Waals surface area (Å²) in [4.78, 5) is 25.6. The van der Waals surface area contributed by atoms with Crippen molar-refractivity contribution in [1.29, 1.82) is 0 Å². The van der Waals surface area contributed by atoms with E-state index in [2.05, 4.69) is 5.32 Å². The molecule has 1 aliphatic rings. The zero-order valence-electron chi connectivity index (χ0n) is 13.5. The predicted molar refractivity (Wildman–Crippen MR) is 84.9 cm³/mol. The van der Waals surface area contributed by atoms with Gasteiger partial charge >= 0.3 is 18.2 Å². The van der Waals surface area contributed by atoms with Crippen LogP contribution in [0.25, 0.3) is 0 Å². The van der Waals surface area contributed by atoms with E-state index in [0.717, 1.165) is 12.1 Å². The second kappa shape index (κ2) is 7.35. The number of allylic oxidation sites excluding steroid dienone is 1. The summed E-state index contributed by atoms with van der Waals surface area (Å²) >= 11 is 5.88. The van der Waals surface area contributed by atoms with Gasteiger partial charge in [-0.3, -0.25) is 4.90 Å². The van der Waals surface area contributed by atoms with Gasteiger partial charge in [-0.05, 0) is 24.6 Å². The highest BCUT2D eigenvalue weighted by Crippen LogP contribution is 2.34. The molecule has 0 bridgehead atoms. The van der Waals surface area contributed by atoms with Crippen molar-refractivity contribution in [3.63, 3.8) is 0 Å². The predicted octanol–water partition coefficient (Wildman–Crippen LogP) is 3.46. The highest BCUT2D eigenvalue weighted by atomic mass is 35.5. The van der Waals surface area contributed by atoms with E-state index >= 15 is 0 Å². The highest BCUT2D eigenvalue weighted by molar-refractivity contribution is 6.20. The first-order valence-electron chi connectivity index (χ1n) is 7.38. The molecule has 25 heavy (non-hydrogen) atoms. The molecule has 1 N–H and O–H groups in total. The number of carbonyl (C=O) groups is 2. The average molecular weight is 377 g/mol. The van der Waals surface area contributed by atoms with Crippen LogP contribution in [0.1, 0.15) is 24.1 Å². The Morgan fingerprint density at radius 3 is 2.40 bits per heavy atom. The second-order valence-electron chi connectivity index (χ2n) is 5.28. The number of amides is 2. The number of alkyl halides is 4. The first kappa shape index (κ1) is 19.1. The molecular weight excluding hydrogens is 361 g/mol. The molecule has 5 nitrogen and oxygen atoms in total. The van der Waals surface area contributed by atoms with Gasteiger partial charge in [0.25, 0.3) is 0 Å². The van der Waals surface area contributed by atoms with E-state index in [1.807, 2.05) is 0 Å². The number of benzene rings is 1. The Kier molecular flexibility index (Phi) is 5.62. The Morgan fingerprint density at radius 1 is 1.32 bits per heavy atom. The van der Waals surface area contributed by atoms with Gasteiger partial charge in [0.15, 0.2) is 0 Å². The van der Waals surface area contributed by atoms with Gasteiger partial charge in [0.05, 0.1) is 29.7 Å². The van der Waals surface area contributed by atoms with Crippen molar-refractivity contribution < 1.29 is 27.5 Å². The van der Waals surface area contributed by atoms with Crippen molar-refractivity contribution in [1.82, 2.24) is 10.2 Å². The molecule has 0 fully saturated rings. The molecule has 0 radical (unpaired) electrons. The van der Waals surface area contributed by atoms with Crippen LogP contribution in [0.15, 0.2) is 35.5 Å². The average Bonchev–Trinajstić information content (AvgIpc) is 2.56. The third-order valence-corrected chi connectivity index (χ3v) is 4.02. The fraction of sp³-hybridized carbons (Fsp3) is 0.375. The van der Waals surface area contributed by atoms with Crippen molar-refractivity contribution in [2.45, 2.75) is 19.1 Å². The zero-order valence-corrected chi connectivity index (χ0v) is 14.2. The van der Waals surface area contributed by atoms with E-state index in [4.69, 9.17) is 16.3 Å². The molecule has 0 saturated heterocycles. The van der Waals surface area contributed by atoms with Crippen LogP contribution in [0.4, 0.5) is 18.0 Å². The Labute approximate surface area is 147 Å². The van der Waals surface area contributed by atoms with Gasteiger partial charge in [-0.25, -0.2) is 9.59 Å². The van der Waals surface area contributed by atoms with Crippen LogP contribution in [0.5, 0.6) is 0 Å². The number of ether oxygens (including phenoxy) is 1. The van der Waals surface area contributed by atoms with Crippen molar-refractivity contribution >= 4 is 23.6 Å². The summed E-state index contributed by atoms with van der Waals surface area (Å²) in [5, 5.41) is 2.58. The lowest BCUT2D eigenvalue weighted by molar-refractivity contribution is -0.139. The summed E-state index contributed by atoms with van der Waals surface area (Å²) in [5.74, 6) is -0.815. The second-order valence-corrected chi connectivity index (χ2v) is 5.54. The molecule has 0 aromatic heterocycles. The molecule has 0 aliphatic carbocycles. The molecule has 2 rings (SSSR count). The summed E-state index contributed by atoms with van der Waals surface area (Å²) in [6, 6.07) is 2.74. The minimum atomic E-state index is -4.48. The number of rotatable bonds is 4. The number of hydrogen-bond acceptors (Lipinski definition) is 3. The minimum Gasteiger partial charge on any atom is -0.463 e. The zero-order chi connectivity index (χ0) is 18.8. The van der Waals surface area contributed by atoms with Crippen molar-refractivity contribution in [3.8, 4) is 0 Å². The number of halogens is 4. The van der Waals surface area contributed by atoms with Gasteiger partial charge in [-0.15, -0.1) is 11.6 Å². The van der Waals surface area contributed by atoms with E-state index in [0.29, 0.717) is 5.56 Å². The van der Waals surface area contributed by atoms with Crippen LogP contribution in [-0.2, 0) is 15.7 Å². The molecular formula is C16H16ClF3N2O3. The van der Waals surface area contributed by atoms with Crippen LogP contribution in [0.2, 0.25) is 0 Å². The van der Waals surface area contributed by atoms with Crippen LogP contribution >= 0.6 is 11.6 Å². The number of carbonyl (C=O) groups excluding carboxylic acids is 2. The molecule has 2 amide bonds. The monoisotopic (exact) mass is 376 g/mol. The lowest BCUT2D eigenvalue weighted by Gasteiger charge is -2.34. The van der Waals surface area contributed by atoms with E-state index in [9.17, 15) is 22.8 Å². The minimum absolute atomic E-state index is 0.0960. The summed E-state index contributed by atoms with van der Waals surface area (Å²) < 4.78 is 43.2. The fourth-order valence-corrected chi connectivity index (χ4v) is 2.81. The molecule has 1 heterocycles. The van der Waals surface area contributed by atoms with Gasteiger partial charge in [-0.2, -0.15) is 13.2 Å². The molecule has 1 atom stereocenters. The summed E-state index contributed by atoms with van der Waals surface area (Å²) in [6.45, 7) is 1.73. The molecule has 0 spiro atoms. The maximum absolute atomic E-state index is 12.7. The van der Waals surface area contributed by atoms with Crippen LogP contribution in [0, 0.1) is 0 Å². The van der Waals surface area contributed by atoms with E-state index in [-0.39, 0.29) is 23.8 Å². The van der Waals surface area contributed by atoms with Gasteiger partial charge in [0, 0.05) is 12.7 Å². The Morgan fingerprint density at radius 2 is 1.92 bits per heavy atom. The molecule has 0 saturated carbocycles. The number of hydrogen-bond donors (Lipinski definition) is 1. The Hall–Kier alpha value is -2.22. The van der Waals surface area contributed by atoms with Crippen molar-refractivity contribution in [2.75, 3.05) is 19.5 Å². The first-order valence-corrected chi connectivity index (χ1v) is 7.91. The van der Waals surface area contributed by atoms with Crippen molar-refractivity contribution in [3.05, 3.63) is 46.7 Å². The topological polar surface area (TPSA) is 58.6 Å². The number of nitrogens with one attached hydrogen (secondary N) is 1. The summed E-state index contributed by atoms with van der Waals surface area (Å²) in [6.07, 6.45) is -4.48. The molecule has 136 valence electrons. The van der Waals surface area contributed by atoms with Crippen molar-refractivity contribution in [2.24, 2.45) is 0 Å².